The molecule has 0 bridgehead atoms. The van der Waals surface area contributed by atoms with Crippen LogP contribution in [-0.4, -0.2) is 52.7 Å². The van der Waals surface area contributed by atoms with Crippen molar-refractivity contribution in [3.05, 3.63) is 29.8 Å². The summed E-state index contributed by atoms with van der Waals surface area (Å²) in [6.45, 7) is 2.15. The van der Waals surface area contributed by atoms with E-state index >= 15 is 0 Å². The number of rotatable bonds is 7. The predicted molar refractivity (Wildman–Crippen MR) is 117 cm³/mol. The van der Waals surface area contributed by atoms with Crippen LogP contribution in [0.3, 0.4) is 0 Å². The van der Waals surface area contributed by atoms with Crippen molar-refractivity contribution >= 4 is 25.5 Å². The highest BCUT2D eigenvalue weighted by molar-refractivity contribution is 7.90. The molecule has 8 heteroatoms. The summed E-state index contributed by atoms with van der Waals surface area (Å²) < 4.78 is 54.6. The number of carbonyl (C=O) groups is 1. The molecule has 6 nitrogen and oxygen atoms in total. The van der Waals surface area contributed by atoms with Crippen LogP contribution in [-0.2, 0) is 19.7 Å². The summed E-state index contributed by atoms with van der Waals surface area (Å²) in [7, 11) is -6.68. The Morgan fingerprint density at radius 2 is 1.53 bits per heavy atom. The van der Waals surface area contributed by atoms with Gasteiger partial charge < -0.3 is 4.74 Å². The summed E-state index contributed by atoms with van der Waals surface area (Å²) in [5.41, 5.74) is -0.754. The van der Waals surface area contributed by atoms with E-state index in [4.69, 9.17) is 4.74 Å². The number of hydrogen-bond donors (Lipinski definition) is 0. The molecule has 0 aromatic heterocycles. The fourth-order valence-corrected chi connectivity index (χ4v) is 6.54. The molecule has 3 atom stereocenters. The molecule has 1 aromatic rings. The number of ketones is 1. The number of carbonyl (C=O) groups excluding carboxylic acids is 1. The molecule has 1 aliphatic heterocycles. The molecule has 30 heavy (non-hydrogen) atoms. The van der Waals surface area contributed by atoms with E-state index in [0.717, 1.165) is 38.2 Å². The highest BCUT2D eigenvalue weighted by atomic mass is 32.2. The van der Waals surface area contributed by atoms with Crippen molar-refractivity contribution in [1.29, 1.82) is 0 Å². The molecule has 1 heterocycles. The molecule has 0 radical (unpaired) electrons. The van der Waals surface area contributed by atoms with Gasteiger partial charge in [-0.3, -0.25) is 4.79 Å². The van der Waals surface area contributed by atoms with E-state index in [1.165, 1.54) is 0 Å². The molecule has 0 spiro atoms. The number of benzene rings is 1. The Morgan fingerprint density at radius 3 is 2.10 bits per heavy atom. The van der Waals surface area contributed by atoms with E-state index in [1.807, 2.05) is 6.07 Å². The predicted octanol–water partition coefficient (Wildman–Crippen LogP) is 3.31. The van der Waals surface area contributed by atoms with Crippen LogP contribution in [0.4, 0.5) is 0 Å². The van der Waals surface area contributed by atoms with Crippen LogP contribution in [0.1, 0.15) is 55.8 Å². The van der Waals surface area contributed by atoms with E-state index in [1.54, 1.807) is 18.2 Å². The molecule has 3 unspecified atom stereocenters. The van der Waals surface area contributed by atoms with Gasteiger partial charge in [0.25, 0.3) is 0 Å². The van der Waals surface area contributed by atoms with Crippen molar-refractivity contribution in [3.63, 3.8) is 0 Å². The van der Waals surface area contributed by atoms with Gasteiger partial charge in [0.2, 0.25) is 0 Å². The maximum absolute atomic E-state index is 13.9. The average molecular weight is 457 g/mol. The first kappa shape index (κ1) is 23.3. The Balaban J connectivity index is 2.13. The molecule has 2 aliphatic rings. The van der Waals surface area contributed by atoms with Gasteiger partial charge in [-0.05, 0) is 43.2 Å². The zero-order valence-electron chi connectivity index (χ0n) is 18.0. The molecule has 0 amide bonds. The van der Waals surface area contributed by atoms with Gasteiger partial charge in [0.1, 0.15) is 31.5 Å². The zero-order chi connectivity index (χ0) is 22.2. The second-order valence-electron chi connectivity index (χ2n) is 9.21. The van der Waals surface area contributed by atoms with Crippen LogP contribution in [0.2, 0.25) is 0 Å². The standard InChI is InChI=1S/C22H32O6S2/c1-16-8-4-5-9-17(16)21-22(12-14-29(2,24)25,13-15-30(3,26)27)20(23)18-10-6-7-11-19(18)28-21/h6-7,10-11,16-17,21H,4-5,8-9,12-15H2,1-3H3. The molecule has 1 aliphatic carbocycles. The lowest BCUT2D eigenvalue weighted by atomic mass is 9.62. The lowest BCUT2D eigenvalue weighted by Gasteiger charge is -2.49. The number of ether oxygens (including phenoxy) is 1. The second-order valence-corrected chi connectivity index (χ2v) is 13.7. The highest BCUT2D eigenvalue weighted by Crippen LogP contribution is 2.50. The van der Waals surface area contributed by atoms with Gasteiger partial charge in [-0.15, -0.1) is 0 Å². The molecule has 1 aromatic carbocycles. The van der Waals surface area contributed by atoms with Crippen LogP contribution in [0.15, 0.2) is 24.3 Å². The van der Waals surface area contributed by atoms with Gasteiger partial charge in [0.05, 0.1) is 22.5 Å². The molecule has 168 valence electrons. The van der Waals surface area contributed by atoms with Crippen LogP contribution < -0.4 is 4.74 Å². The van der Waals surface area contributed by atoms with Crippen molar-refractivity contribution in [2.45, 2.75) is 51.6 Å². The Morgan fingerprint density at radius 1 is 0.967 bits per heavy atom. The lowest BCUT2D eigenvalue weighted by Crippen LogP contribution is -2.55. The Hall–Kier alpha value is -1.41. The SMILES string of the molecule is CC1CCCCC1C1Oc2ccccc2C(=O)C1(CCS(C)(=O)=O)CCS(C)(=O)=O. The summed E-state index contributed by atoms with van der Waals surface area (Å²) in [5, 5.41) is 0. The summed E-state index contributed by atoms with van der Waals surface area (Å²) in [6, 6.07) is 7.02. The van der Waals surface area contributed by atoms with Gasteiger partial charge in [-0.1, -0.05) is 38.3 Å². The first-order valence-corrected chi connectivity index (χ1v) is 14.7. The van der Waals surface area contributed by atoms with Gasteiger partial charge >= 0.3 is 0 Å². The smallest absolute Gasteiger partial charge is 0.176 e. The first-order valence-electron chi connectivity index (χ1n) is 10.6. The third-order valence-electron chi connectivity index (χ3n) is 6.79. The quantitative estimate of drug-likeness (QED) is 0.625. The Bertz CT molecular complexity index is 960. The normalized spacial score (nSPS) is 26.6. The van der Waals surface area contributed by atoms with E-state index in [2.05, 4.69) is 6.92 Å². The van der Waals surface area contributed by atoms with E-state index in [-0.39, 0.29) is 36.0 Å². The van der Waals surface area contributed by atoms with Crippen molar-refractivity contribution in [3.8, 4) is 5.75 Å². The number of sulfone groups is 2. The molecule has 0 N–H and O–H groups in total. The third kappa shape index (κ3) is 5.07. The number of para-hydroxylation sites is 1. The first-order chi connectivity index (χ1) is 13.9. The summed E-state index contributed by atoms with van der Waals surface area (Å²) in [5.74, 6) is 0.379. The van der Waals surface area contributed by atoms with Gasteiger partial charge in [-0.2, -0.15) is 0 Å². The molecule has 1 fully saturated rings. The van der Waals surface area contributed by atoms with Gasteiger partial charge in [0.15, 0.2) is 5.78 Å². The summed E-state index contributed by atoms with van der Waals surface area (Å²) in [4.78, 5) is 13.9. The van der Waals surface area contributed by atoms with Crippen LogP contribution in [0.5, 0.6) is 5.75 Å². The fourth-order valence-electron chi connectivity index (χ4n) is 5.07. The minimum absolute atomic E-state index is 0.0718. The maximum atomic E-state index is 13.9. The van der Waals surface area contributed by atoms with Crippen LogP contribution >= 0.6 is 0 Å². The molecule has 3 rings (SSSR count). The average Bonchev–Trinajstić information content (AvgIpc) is 2.66. The van der Waals surface area contributed by atoms with Crippen molar-refractivity contribution in [1.82, 2.24) is 0 Å². The summed E-state index contributed by atoms with van der Waals surface area (Å²) >= 11 is 0. The largest absolute Gasteiger partial charge is 0.488 e. The van der Waals surface area contributed by atoms with Crippen LogP contribution in [0.25, 0.3) is 0 Å². The monoisotopic (exact) mass is 456 g/mol. The number of fused-ring (bicyclic) bond motifs is 1. The highest BCUT2D eigenvalue weighted by Gasteiger charge is 2.55. The Labute approximate surface area is 180 Å². The molecular formula is C22H32O6S2. The minimum atomic E-state index is -3.34. The van der Waals surface area contributed by atoms with Gasteiger partial charge in [0, 0.05) is 12.5 Å². The Kier molecular flexibility index (Phi) is 6.68. The molecular weight excluding hydrogens is 424 g/mol. The van der Waals surface area contributed by atoms with E-state index in [9.17, 15) is 21.6 Å². The second kappa shape index (κ2) is 8.61. The summed E-state index contributed by atoms with van der Waals surface area (Å²) in [6.07, 6.45) is 5.97. The third-order valence-corrected chi connectivity index (χ3v) is 8.68. The molecule has 0 saturated heterocycles. The van der Waals surface area contributed by atoms with Crippen molar-refractivity contribution < 1.29 is 26.4 Å². The number of Topliss-reactive ketones (excluding diaryl/α,β-unsaturated/α-hetero) is 1. The fraction of sp³-hybridized carbons (Fsp3) is 0.682. The van der Waals surface area contributed by atoms with Crippen molar-refractivity contribution in [2.24, 2.45) is 17.3 Å². The number of hydrogen-bond acceptors (Lipinski definition) is 6. The van der Waals surface area contributed by atoms with E-state index in [0.29, 0.717) is 17.2 Å². The van der Waals surface area contributed by atoms with E-state index < -0.39 is 31.2 Å². The lowest BCUT2D eigenvalue weighted by molar-refractivity contribution is -0.0300. The topological polar surface area (TPSA) is 94.6 Å². The zero-order valence-corrected chi connectivity index (χ0v) is 19.6. The minimum Gasteiger partial charge on any atom is -0.488 e. The van der Waals surface area contributed by atoms with Crippen molar-refractivity contribution in [2.75, 3.05) is 24.0 Å². The molecule has 1 saturated carbocycles. The van der Waals surface area contributed by atoms with Gasteiger partial charge in [-0.25, -0.2) is 16.8 Å². The maximum Gasteiger partial charge on any atom is 0.176 e. The van der Waals surface area contributed by atoms with Crippen LogP contribution in [0, 0.1) is 17.3 Å².